The first-order valence-corrected chi connectivity index (χ1v) is 3.45. The molecular weight excluding hydrogens is 114 g/mol. The molecule has 9 heavy (non-hydrogen) atoms. The first-order chi connectivity index (χ1) is 4.33. The third kappa shape index (κ3) is 1.79. The molecule has 0 aliphatic carbocycles. The second-order valence-corrected chi connectivity index (χ2v) is 2.83. The van der Waals surface area contributed by atoms with Crippen LogP contribution in [0.5, 0.6) is 0 Å². The number of likely N-dealkylation sites (tertiary alicyclic amines) is 1. The Hall–Kier alpha value is -0.370. The molecule has 0 saturated carbocycles. The highest BCUT2D eigenvalue weighted by molar-refractivity contribution is 5.49. The fraction of sp³-hybridized carbons (Fsp3) is 0.857. The van der Waals surface area contributed by atoms with Crippen molar-refractivity contribution in [2.75, 3.05) is 20.1 Å². The number of carbonyl (C=O) groups is 1. The van der Waals surface area contributed by atoms with Crippen molar-refractivity contribution in [3.05, 3.63) is 0 Å². The highest BCUT2D eigenvalue weighted by Gasteiger charge is 2.21. The van der Waals surface area contributed by atoms with Crippen LogP contribution < -0.4 is 0 Å². The summed E-state index contributed by atoms with van der Waals surface area (Å²) in [6.45, 7) is 2.38. The standard InChI is InChI=1S/C7H13NO/c1-8-5-7(6-8)3-2-4-9/h4,7H,2-3,5-6H2,1H3. The minimum absolute atomic E-state index is 0.749. The van der Waals surface area contributed by atoms with E-state index in [4.69, 9.17) is 0 Å². The van der Waals surface area contributed by atoms with Crippen molar-refractivity contribution in [2.45, 2.75) is 12.8 Å². The van der Waals surface area contributed by atoms with Gasteiger partial charge in [-0.15, -0.1) is 0 Å². The van der Waals surface area contributed by atoms with Crippen molar-refractivity contribution in [3.8, 4) is 0 Å². The summed E-state index contributed by atoms with van der Waals surface area (Å²) in [5.74, 6) is 0.806. The predicted molar refractivity (Wildman–Crippen MR) is 36.3 cm³/mol. The molecule has 0 unspecified atom stereocenters. The van der Waals surface area contributed by atoms with E-state index in [1.807, 2.05) is 0 Å². The van der Waals surface area contributed by atoms with Gasteiger partial charge in [-0.1, -0.05) is 0 Å². The second kappa shape index (κ2) is 2.97. The van der Waals surface area contributed by atoms with E-state index in [-0.39, 0.29) is 0 Å². The third-order valence-corrected chi connectivity index (χ3v) is 1.83. The Morgan fingerprint density at radius 3 is 2.78 bits per heavy atom. The molecule has 1 aliphatic rings. The molecular formula is C7H13NO. The van der Waals surface area contributed by atoms with Crippen molar-refractivity contribution in [1.29, 1.82) is 0 Å². The molecule has 0 N–H and O–H groups in total. The van der Waals surface area contributed by atoms with Crippen LogP contribution in [0.15, 0.2) is 0 Å². The number of hydrogen-bond acceptors (Lipinski definition) is 2. The first kappa shape index (κ1) is 6.75. The summed E-state index contributed by atoms with van der Waals surface area (Å²) in [7, 11) is 2.11. The van der Waals surface area contributed by atoms with Crippen LogP contribution in [-0.2, 0) is 4.79 Å². The van der Waals surface area contributed by atoms with E-state index < -0.39 is 0 Å². The van der Waals surface area contributed by atoms with E-state index in [0.717, 1.165) is 25.0 Å². The maximum atomic E-state index is 9.92. The van der Waals surface area contributed by atoms with Gasteiger partial charge in [-0.2, -0.15) is 0 Å². The van der Waals surface area contributed by atoms with Gasteiger partial charge in [0, 0.05) is 19.5 Å². The summed E-state index contributed by atoms with van der Waals surface area (Å²) in [4.78, 5) is 12.2. The van der Waals surface area contributed by atoms with Gasteiger partial charge >= 0.3 is 0 Å². The fourth-order valence-corrected chi connectivity index (χ4v) is 1.31. The van der Waals surface area contributed by atoms with Gasteiger partial charge in [-0.25, -0.2) is 0 Å². The highest BCUT2D eigenvalue weighted by atomic mass is 16.1. The Labute approximate surface area is 55.8 Å². The van der Waals surface area contributed by atoms with Crippen molar-refractivity contribution in [1.82, 2.24) is 4.90 Å². The first-order valence-electron chi connectivity index (χ1n) is 3.45. The van der Waals surface area contributed by atoms with Gasteiger partial charge < -0.3 is 9.69 Å². The van der Waals surface area contributed by atoms with Crippen LogP contribution in [0, 0.1) is 5.92 Å². The van der Waals surface area contributed by atoms with Gasteiger partial charge in [0.1, 0.15) is 6.29 Å². The van der Waals surface area contributed by atoms with Crippen LogP contribution >= 0.6 is 0 Å². The van der Waals surface area contributed by atoms with Crippen LogP contribution in [0.2, 0.25) is 0 Å². The average Bonchev–Trinajstić information content (AvgIpc) is 1.78. The van der Waals surface area contributed by atoms with Crippen molar-refractivity contribution in [3.63, 3.8) is 0 Å². The summed E-state index contributed by atoms with van der Waals surface area (Å²) in [5, 5.41) is 0. The van der Waals surface area contributed by atoms with Gasteiger partial charge in [0.15, 0.2) is 0 Å². The lowest BCUT2D eigenvalue weighted by molar-refractivity contribution is -0.108. The van der Waals surface area contributed by atoms with Gasteiger partial charge in [0.05, 0.1) is 0 Å². The number of aldehydes is 1. The van der Waals surface area contributed by atoms with Gasteiger partial charge in [0.2, 0.25) is 0 Å². The van der Waals surface area contributed by atoms with Gasteiger partial charge in [-0.05, 0) is 19.4 Å². The maximum absolute atomic E-state index is 9.92. The molecule has 0 aromatic carbocycles. The molecule has 1 rings (SSSR count). The lowest BCUT2D eigenvalue weighted by Gasteiger charge is -2.35. The summed E-state index contributed by atoms with van der Waals surface area (Å²) >= 11 is 0. The summed E-state index contributed by atoms with van der Waals surface area (Å²) in [6, 6.07) is 0. The van der Waals surface area contributed by atoms with Crippen LogP contribution in [0.25, 0.3) is 0 Å². The average molecular weight is 127 g/mol. The number of nitrogens with zero attached hydrogens (tertiary/aromatic N) is 1. The predicted octanol–water partition coefficient (Wildman–Crippen LogP) is 0.527. The Balaban J connectivity index is 1.97. The normalized spacial score (nSPS) is 21.4. The molecule has 0 atom stereocenters. The molecule has 0 aromatic heterocycles. The van der Waals surface area contributed by atoms with Gasteiger partial charge in [-0.3, -0.25) is 0 Å². The molecule has 0 radical (unpaired) electrons. The number of hydrogen-bond donors (Lipinski definition) is 0. The van der Waals surface area contributed by atoms with E-state index >= 15 is 0 Å². The number of rotatable bonds is 3. The zero-order valence-corrected chi connectivity index (χ0v) is 5.84. The fourth-order valence-electron chi connectivity index (χ4n) is 1.31. The summed E-state index contributed by atoms with van der Waals surface area (Å²) < 4.78 is 0. The Bertz CT molecular complexity index is 97.1. The molecule has 1 saturated heterocycles. The van der Waals surface area contributed by atoms with Crippen LogP contribution in [-0.4, -0.2) is 31.3 Å². The quantitative estimate of drug-likeness (QED) is 0.515. The summed E-state index contributed by atoms with van der Waals surface area (Å²) in [5.41, 5.74) is 0. The molecule has 0 bridgehead atoms. The Kier molecular flexibility index (Phi) is 2.22. The summed E-state index contributed by atoms with van der Waals surface area (Å²) in [6.07, 6.45) is 2.85. The lowest BCUT2D eigenvalue weighted by Crippen LogP contribution is -2.43. The molecule has 1 aliphatic heterocycles. The lowest BCUT2D eigenvalue weighted by atomic mass is 9.96. The topological polar surface area (TPSA) is 20.3 Å². The third-order valence-electron chi connectivity index (χ3n) is 1.83. The maximum Gasteiger partial charge on any atom is 0.120 e. The van der Waals surface area contributed by atoms with Gasteiger partial charge in [0.25, 0.3) is 0 Å². The molecule has 2 heteroatoms. The molecule has 0 amide bonds. The Morgan fingerprint density at radius 1 is 1.67 bits per heavy atom. The van der Waals surface area contributed by atoms with E-state index in [1.54, 1.807) is 0 Å². The highest BCUT2D eigenvalue weighted by Crippen LogP contribution is 2.17. The monoisotopic (exact) mass is 127 g/mol. The van der Waals surface area contributed by atoms with Crippen LogP contribution in [0.3, 0.4) is 0 Å². The largest absolute Gasteiger partial charge is 0.306 e. The number of carbonyl (C=O) groups excluding carboxylic acids is 1. The minimum Gasteiger partial charge on any atom is -0.306 e. The Morgan fingerprint density at radius 2 is 2.33 bits per heavy atom. The minimum atomic E-state index is 0.749. The van der Waals surface area contributed by atoms with Crippen LogP contribution in [0.4, 0.5) is 0 Å². The SMILES string of the molecule is CN1CC(CCC=O)C1. The molecule has 2 nitrogen and oxygen atoms in total. The van der Waals surface area contributed by atoms with E-state index in [2.05, 4.69) is 11.9 Å². The molecule has 52 valence electrons. The van der Waals surface area contributed by atoms with E-state index in [9.17, 15) is 4.79 Å². The zero-order chi connectivity index (χ0) is 6.69. The molecule has 1 heterocycles. The molecule has 0 aromatic rings. The second-order valence-electron chi connectivity index (χ2n) is 2.83. The van der Waals surface area contributed by atoms with Crippen molar-refractivity contribution >= 4 is 6.29 Å². The molecule has 0 spiro atoms. The van der Waals surface area contributed by atoms with Crippen LogP contribution in [0.1, 0.15) is 12.8 Å². The molecule has 1 fully saturated rings. The zero-order valence-electron chi connectivity index (χ0n) is 5.84. The van der Waals surface area contributed by atoms with E-state index in [1.165, 1.54) is 13.1 Å². The van der Waals surface area contributed by atoms with Crippen molar-refractivity contribution in [2.24, 2.45) is 5.92 Å². The van der Waals surface area contributed by atoms with E-state index in [0.29, 0.717) is 0 Å². The van der Waals surface area contributed by atoms with Crippen molar-refractivity contribution < 1.29 is 4.79 Å². The smallest absolute Gasteiger partial charge is 0.120 e.